The van der Waals surface area contributed by atoms with Crippen molar-refractivity contribution in [2.75, 3.05) is 16.8 Å². The number of thiophene rings is 1. The van der Waals surface area contributed by atoms with E-state index in [0.717, 1.165) is 49.2 Å². The second-order valence-electron chi connectivity index (χ2n) is 7.05. The number of rotatable bonds is 3. The maximum Gasteiger partial charge on any atom is 0.256 e. The van der Waals surface area contributed by atoms with Crippen LogP contribution in [0.3, 0.4) is 0 Å². The molecule has 0 radical (unpaired) electrons. The summed E-state index contributed by atoms with van der Waals surface area (Å²) in [5.74, 6) is 0.857. The fourth-order valence-electron chi connectivity index (χ4n) is 3.71. The van der Waals surface area contributed by atoms with E-state index in [0.29, 0.717) is 12.3 Å². The van der Waals surface area contributed by atoms with Gasteiger partial charge in [0.25, 0.3) is 5.91 Å². The molecule has 2 aliphatic rings. The lowest BCUT2D eigenvalue weighted by molar-refractivity contribution is -0.117. The Kier molecular flexibility index (Phi) is 4.34. The van der Waals surface area contributed by atoms with Gasteiger partial charge in [-0.05, 0) is 61.4 Å². The van der Waals surface area contributed by atoms with Crippen LogP contribution in [0.1, 0.15) is 47.0 Å². The van der Waals surface area contributed by atoms with Gasteiger partial charge in [0.1, 0.15) is 0 Å². The molecule has 0 saturated carbocycles. The lowest BCUT2D eigenvalue weighted by Gasteiger charge is -2.19. The molecule has 2 amide bonds. The second-order valence-corrected chi connectivity index (χ2v) is 8.01. The third-order valence-corrected chi connectivity index (χ3v) is 6.21. The number of nitrogens with zero attached hydrogens (tertiary/aromatic N) is 1. The number of fused-ring (bicyclic) bond motifs is 1. The van der Waals surface area contributed by atoms with Crippen molar-refractivity contribution in [1.29, 1.82) is 0 Å². The normalized spacial score (nSPS) is 19.8. The Hall–Kier alpha value is -2.14. The van der Waals surface area contributed by atoms with Gasteiger partial charge in [-0.25, -0.2) is 0 Å². The van der Waals surface area contributed by atoms with Gasteiger partial charge in [-0.1, -0.05) is 6.92 Å². The summed E-state index contributed by atoms with van der Waals surface area (Å²) in [5.41, 5.74) is 3.73. The number of carbonyl (C=O) groups excluding carboxylic acids is 2. The van der Waals surface area contributed by atoms with E-state index in [-0.39, 0.29) is 11.8 Å². The Morgan fingerprint density at radius 1 is 1.24 bits per heavy atom. The van der Waals surface area contributed by atoms with Crippen molar-refractivity contribution >= 4 is 34.5 Å². The van der Waals surface area contributed by atoms with Crippen LogP contribution in [0.4, 0.5) is 11.4 Å². The Labute approximate surface area is 151 Å². The molecule has 1 unspecified atom stereocenters. The summed E-state index contributed by atoms with van der Waals surface area (Å²) >= 11 is 1.71. The smallest absolute Gasteiger partial charge is 0.256 e. The summed E-state index contributed by atoms with van der Waals surface area (Å²) in [7, 11) is 0. The summed E-state index contributed by atoms with van der Waals surface area (Å²) in [6.07, 6.45) is 4.78. The molecule has 5 heteroatoms. The highest BCUT2D eigenvalue weighted by atomic mass is 32.1. The molecule has 1 aromatic heterocycles. The average Bonchev–Trinajstić information content (AvgIpc) is 3.21. The number of hydrogen-bond acceptors (Lipinski definition) is 3. The van der Waals surface area contributed by atoms with E-state index in [1.165, 1.54) is 10.4 Å². The SMILES string of the molecule is CC1CCc2c(C(=O)Nc3ccc(N4CCCC4=O)cc3)csc2C1. The van der Waals surface area contributed by atoms with E-state index in [4.69, 9.17) is 0 Å². The molecule has 1 fully saturated rings. The van der Waals surface area contributed by atoms with Crippen LogP contribution in [-0.2, 0) is 17.6 Å². The molecule has 0 spiro atoms. The molecule has 25 heavy (non-hydrogen) atoms. The van der Waals surface area contributed by atoms with E-state index in [1.807, 2.05) is 34.5 Å². The second kappa shape index (κ2) is 6.64. The van der Waals surface area contributed by atoms with Crippen LogP contribution in [0.5, 0.6) is 0 Å². The van der Waals surface area contributed by atoms with Crippen LogP contribution < -0.4 is 10.2 Å². The zero-order valence-corrected chi connectivity index (χ0v) is 15.2. The Morgan fingerprint density at radius 2 is 2.04 bits per heavy atom. The molecule has 1 aliphatic carbocycles. The van der Waals surface area contributed by atoms with E-state index < -0.39 is 0 Å². The third-order valence-electron chi connectivity index (χ3n) is 5.16. The minimum atomic E-state index is -0.0305. The maximum absolute atomic E-state index is 12.7. The Balaban J connectivity index is 1.47. The van der Waals surface area contributed by atoms with Crippen LogP contribution in [0.2, 0.25) is 0 Å². The molecule has 1 atom stereocenters. The Bertz CT molecular complexity index is 810. The first-order valence-electron chi connectivity index (χ1n) is 8.93. The number of amides is 2. The highest BCUT2D eigenvalue weighted by molar-refractivity contribution is 7.10. The van der Waals surface area contributed by atoms with Crippen molar-refractivity contribution in [2.24, 2.45) is 5.92 Å². The van der Waals surface area contributed by atoms with Gasteiger partial charge in [0.05, 0.1) is 5.56 Å². The first kappa shape index (κ1) is 16.3. The van der Waals surface area contributed by atoms with Gasteiger partial charge in [-0.3, -0.25) is 9.59 Å². The van der Waals surface area contributed by atoms with Crippen molar-refractivity contribution in [3.05, 3.63) is 45.6 Å². The third kappa shape index (κ3) is 3.21. The zero-order valence-electron chi connectivity index (χ0n) is 14.4. The lowest BCUT2D eigenvalue weighted by atomic mass is 9.88. The summed E-state index contributed by atoms with van der Waals surface area (Å²) < 4.78 is 0. The quantitative estimate of drug-likeness (QED) is 0.896. The van der Waals surface area contributed by atoms with Crippen molar-refractivity contribution < 1.29 is 9.59 Å². The first-order chi connectivity index (χ1) is 12.1. The predicted molar refractivity (Wildman–Crippen MR) is 101 cm³/mol. The number of anilines is 2. The van der Waals surface area contributed by atoms with E-state index >= 15 is 0 Å². The van der Waals surface area contributed by atoms with Gasteiger partial charge in [-0.15, -0.1) is 11.3 Å². The standard InChI is InChI=1S/C20H22N2O2S/c1-13-4-9-16-17(12-25-18(16)11-13)20(24)21-14-5-7-15(8-6-14)22-10-2-3-19(22)23/h5-8,12-13H,2-4,9-11H2,1H3,(H,21,24). The largest absolute Gasteiger partial charge is 0.322 e. The predicted octanol–water partition coefficient (Wildman–Crippen LogP) is 4.25. The van der Waals surface area contributed by atoms with Crippen molar-refractivity contribution in [1.82, 2.24) is 0 Å². The molecule has 4 nitrogen and oxygen atoms in total. The fourth-order valence-corrected chi connectivity index (χ4v) is 4.96. The van der Waals surface area contributed by atoms with Gasteiger partial charge in [0, 0.05) is 34.6 Å². The topological polar surface area (TPSA) is 49.4 Å². The molecule has 2 heterocycles. The van der Waals surface area contributed by atoms with Crippen LogP contribution >= 0.6 is 11.3 Å². The molecular formula is C20H22N2O2S. The molecular weight excluding hydrogens is 332 g/mol. The van der Waals surface area contributed by atoms with Crippen LogP contribution in [0.25, 0.3) is 0 Å². The van der Waals surface area contributed by atoms with E-state index in [2.05, 4.69) is 12.2 Å². The number of hydrogen-bond donors (Lipinski definition) is 1. The van der Waals surface area contributed by atoms with Gasteiger partial charge in [-0.2, -0.15) is 0 Å². The summed E-state index contributed by atoms with van der Waals surface area (Å²) in [5, 5.41) is 4.99. The fraction of sp³-hybridized carbons (Fsp3) is 0.400. The molecule has 1 aromatic carbocycles. The molecule has 130 valence electrons. The zero-order chi connectivity index (χ0) is 17.4. The van der Waals surface area contributed by atoms with Crippen molar-refractivity contribution in [3.63, 3.8) is 0 Å². The van der Waals surface area contributed by atoms with Gasteiger partial charge in [0.15, 0.2) is 0 Å². The molecule has 1 N–H and O–H groups in total. The van der Waals surface area contributed by atoms with E-state index in [1.54, 1.807) is 11.3 Å². The number of carbonyl (C=O) groups is 2. The van der Waals surface area contributed by atoms with E-state index in [9.17, 15) is 9.59 Å². The maximum atomic E-state index is 12.7. The average molecular weight is 354 g/mol. The molecule has 4 rings (SSSR count). The van der Waals surface area contributed by atoms with Gasteiger partial charge < -0.3 is 10.2 Å². The van der Waals surface area contributed by atoms with Crippen LogP contribution in [0.15, 0.2) is 29.6 Å². The van der Waals surface area contributed by atoms with Crippen molar-refractivity contribution in [3.8, 4) is 0 Å². The monoisotopic (exact) mass is 354 g/mol. The number of benzene rings is 1. The molecule has 0 bridgehead atoms. The highest BCUT2D eigenvalue weighted by Crippen LogP contribution is 2.33. The minimum absolute atomic E-state index is 0.0305. The molecule has 1 saturated heterocycles. The van der Waals surface area contributed by atoms with Crippen LogP contribution in [0, 0.1) is 5.92 Å². The van der Waals surface area contributed by atoms with Crippen molar-refractivity contribution in [2.45, 2.75) is 39.0 Å². The minimum Gasteiger partial charge on any atom is -0.322 e. The summed E-state index contributed by atoms with van der Waals surface area (Å²) in [6.45, 7) is 3.05. The summed E-state index contributed by atoms with van der Waals surface area (Å²) in [4.78, 5) is 27.6. The van der Waals surface area contributed by atoms with Gasteiger partial charge in [0.2, 0.25) is 5.91 Å². The van der Waals surface area contributed by atoms with Gasteiger partial charge >= 0.3 is 0 Å². The first-order valence-corrected chi connectivity index (χ1v) is 9.81. The molecule has 1 aliphatic heterocycles. The highest BCUT2D eigenvalue weighted by Gasteiger charge is 2.24. The van der Waals surface area contributed by atoms with Crippen LogP contribution in [-0.4, -0.2) is 18.4 Å². The molecule has 2 aromatic rings. The Morgan fingerprint density at radius 3 is 2.76 bits per heavy atom. The lowest BCUT2D eigenvalue weighted by Crippen LogP contribution is -2.23. The number of nitrogens with one attached hydrogen (secondary N) is 1. The summed E-state index contributed by atoms with van der Waals surface area (Å²) in [6, 6.07) is 7.56.